The van der Waals surface area contributed by atoms with Crippen LogP contribution >= 0.6 is 11.8 Å². The first-order valence-electron chi connectivity index (χ1n) is 6.99. The molecule has 8 heteroatoms. The summed E-state index contributed by atoms with van der Waals surface area (Å²) in [5.41, 5.74) is 0. The van der Waals surface area contributed by atoms with Crippen molar-refractivity contribution in [2.75, 3.05) is 18.6 Å². The van der Waals surface area contributed by atoms with Gasteiger partial charge in [0.25, 0.3) is 0 Å². The van der Waals surface area contributed by atoms with Gasteiger partial charge in [-0.2, -0.15) is 0 Å². The highest BCUT2D eigenvalue weighted by molar-refractivity contribution is 8.00. The monoisotopic (exact) mass is 339 g/mol. The van der Waals surface area contributed by atoms with Crippen molar-refractivity contribution in [2.45, 2.75) is 28.9 Å². The molecule has 1 aliphatic carbocycles. The van der Waals surface area contributed by atoms with Crippen LogP contribution in [0.2, 0.25) is 0 Å². The summed E-state index contributed by atoms with van der Waals surface area (Å²) in [6.07, 6.45) is 4.01. The summed E-state index contributed by atoms with van der Waals surface area (Å²) in [6.45, 7) is 0. The highest BCUT2D eigenvalue weighted by Gasteiger charge is 2.26. The van der Waals surface area contributed by atoms with E-state index in [9.17, 15) is 8.42 Å². The lowest BCUT2D eigenvalue weighted by Gasteiger charge is -2.07. The van der Waals surface area contributed by atoms with Crippen molar-refractivity contribution in [1.29, 1.82) is 0 Å². The molecule has 0 bridgehead atoms. The molecule has 0 saturated heterocycles. The van der Waals surface area contributed by atoms with Gasteiger partial charge in [-0.05, 0) is 31.0 Å². The van der Waals surface area contributed by atoms with Crippen molar-refractivity contribution in [3.8, 4) is 5.75 Å². The Morgan fingerprint density at radius 2 is 2.23 bits per heavy atom. The van der Waals surface area contributed by atoms with E-state index in [0.717, 1.165) is 18.0 Å². The van der Waals surface area contributed by atoms with Crippen LogP contribution in [0.3, 0.4) is 0 Å². The summed E-state index contributed by atoms with van der Waals surface area (Å²) in [7, 11) is -1.80. The summed E-state index contributed by atoms with van der Waals surface area (Å²) < 4.78 is 31.8. The van der Waals surface area contributed by atoms with Gasteiger partial charge in [-0.1, -0.05) is 17.8 Å². The third-order valence-corrected chi connectivity index (χ3v) is 6.40. The maximum Gasteiger partial charge on any atom is 0.191 e. The van der Waals surface area contributed by atoms with E-state index in [1.807, 2.05) is 4.57 Å². The van der Waals surface area contributed by atoms with Gasteiger partial charge in [0, 0.05) is 11.8 Å². The molecule has 0 spiro atoms. The van der Waals surface area contributed by atoms with Gasteiger partial charge in [0.05, 0.1) is 17.8 Å². The van der Waals surface area contributed by atoms with Crippen LogP contribution in [0.25, 0.3) is 0 Å². The summed E-state index contributed by atoms with van der Waals surface area (Å²) in [4.78, 5) is 0.288. The van der Waals surface area contributed by atoms with Gasteiger partial charge >= 0.3 is 0 Å². The van der Waals surface area contributed by atoms with Crippen LogP contribution in [0.1, 0.15) is 18.9 Å². The molecule has 6 nitrogen and oxygen atoms in total. The smallest absolute Gasteiger partial charge is 0.191 e. The molecular formula is C14H17N3O3S2. The summed E-state index contributed by atoms with van der Waals surface area (Å²) in [5, 5.41) is 8.76. The fraction of sp³-hybridized carbons (Fsp3) is 0.429. The zero-order valence-electron chi connectivity index (χ0n) is 12.2. The lowest BCUT2D eigenvalue weighted by atomic mass is 10.3. The molecule has 0 radical (unpaired) electrons. The second-order valence-electron chi connectivity index (χ2n) is 5.10. The molecule has 1 aliphatic rings. The lowest BCUT2D eigenvalue weighted by Crippen LogP contribution is -2.09. The number of thioether (sulfide) groups is 1. The molecule has 22 heavy (non-hydrogen) atoms. The molecule has 3 rings (SSSR count). The number of hydrogen-bond acceptors (Lipinski definition) is 6. The first-order chi connectivity index (χ1) is 10.6. The van der Waals surface area contributed by atoms with Crippen LogP contribution in [0.5, 0.6) is 5.75 Å². The van der Waals surface area contributed by atoms with Gasteiger partial charge in [-0.25, -0.2) is 8.42 Å². The van der Waals surface area contributed by atoms with E-state index in [0.29, 0.717) is 17.5 Å². The Labute approximate surface area is 133 Å². The average molecular weight is 339 g/mol. The molecule has 0 N–H and O–H groups in total. The van der Waals surface area contributed by atoms with Crippen LogP contribution in [-0.2, 0) is 9.84 Å². The van der Waals surface area contributed by atoms with E-state index < -0.39 is 9.84 Å². The quantitative estimate of drug-likeness (QED) is 0.720. The second kappa shape index (κ2) is 6.29. The van der Waals surface area contributed by atoms with Crippen molar-refractivity contribution < 1.29 is 13.2 Å². The Morgan fingerprint density at radius 3 is 2.95 bits per heavy atom. The highest BCUT2D eigenvalue weighted by atomic mass is 32.2. The Bertz CT molecular complexity index is 754. The first-order valence-corrected chi connectivity index (χ1v) is 9.63. The lowest BCUT2D eigenvalue weighted by molar-refractivity contribution is 0.413. The number of hydrogen-bond donors (Lipinski definition) is 0. The molecule has 0 aliphatic heterocycles. The predicted octanol–water partition coefficient (Wildman–Crippen LogP) is 2.19. The Kier molecular flexibility index (Phi) is 4.39. The number of benzene rings is 1. The molecule has 0 amide bonds. The van der Waals surface area contributed by atoms with Crippen molar-refractivity contribution in [3.63, 3.8) is 0 Å². The van der Waals surface area contributed by atoms with E-state index in [1.165, 1.54) is 18.9 Å². The predicted molar refractivity (Wildman–Crippen MR) is 84.1 cm³/mol. The Balaban J connectivity index is 1.63. The zero-order valence-corrected chi connectivity index (χ0v) is 13.8. The number of rotatable bonds is 7. The third kappa shape index (κ3) is 3.44. The summed E-state index contributed by atoms with van der Waals surface area (Å²) in [5.74, 6) is 1.05. The maximum atomic E-state index is 12.3. The van der Waals surface area contributed by atoms with Gasteiger partial charge in [0.2, 0.25) is 0 Å². The molecule has 2 aromatic rings. The number of ether oxygens (including phenoxy) is 1. The van der Waals surface area contributed by atoms with Gasteiger partial charge < -0.3 is 9.30 Å². The van der Waals surface area contributed by atoms with Crippen molar-refractivity contribution in [3.05, 3.63) is 30.6 Å². The molecule has 1 fully saturated rings. The summed E-state index contributed by atoms with van der Waals surface area (Å²) >= 11 is 1.43. The second-order valence-corrected chi connectivity index (χ2v) is 8.27. The van der Waals surface area contributed by atoms with E-state index >= 15 is 0 Å². The van der Waals surface area contributed by atoms with Crippen LogP contribution in [0, 0.1) is 0 Å². The van der Waals surface area contributed by atoms with Gasteiger partial charge in [-0.15, -0.1) is 10.2 Å². The van der Waals surface area contributed by atoms with Gasteiger partial charge in [-0.3, -0.25) is 0 Å². The fourth-order valence-electron chi connectivity index (χ4n) is 2.09. The molecule has 118 valence electrons. The minimum Gasteiger partial charge on any atom is -0.497 e. The van der Waals surface area contributed by atoms with Crippen molar-refractivity contribution in [2.24, 2.45) is 0 Å². The Hall–Kier alpha value is -1.54. The topological polar surface area (TPSA) is 74.1 Å². The largest absolute Gasteiger partial charge is 0.497 e. The van der Waals surface area contributed by atoms with E-state index in [1.54, 1.807) is 30.6 Å². The van der Waals surface area contributed by atoms with Crippen molar-refractivity contribution in [1.82, 2.24) is 14.8 Å². The minimum atomic E-state index is -3.32. The van der Waals surface area contributed by atoms with Crippen LogP contribution in [0.15, 0.2) is 40.6 Å². The molecule has 0 atom stereocenters. The SMILES string of the molecule is COc1cccc(S(=O)(=O)CCSc2nncn2C2CC2)c1. The average Bonchev–Trinajstić information content (AvgIpc) is 3.27. The number of sulfone groups is 1. The van der Waals surface area contributed by atoms with E-state index in [4.69, 9.17) is 4.74 Å². The normalized spacial score (nSPS) is 15.0. The van der Waals surface area contributed by atoms with Crippen LogP contribution in [-0.4, -0.2) is 41.8 Å². The number of nitrogens with zero attached hydrogens (tertiary/aromatic N) is 3. The van der Waals surface area contributed by atoms with E-state index in [-0.39, 0.29) is 10.6 Å². The first kappa shape index (κ1) is 15.4. The standard InChI is InChI=1S/C14H17N3O3S2/c1-20-12-3-2-4-13(9-12)22(18,19)8-7-21-14-16-15-10-17(14)11-5-6-11/h2-4,9-11H,5-8H2,1H3. The molecular weight excluding hydrogens is 322 g/mol. The highest BCUT2D eigenvalue weighted by Crippen LogP contribution is 2.37. The van der Waals surface area contributed by atoms with Gasteiger partial charge in [0.15, 0.2) is 15.0 Å². The molecule has 1 aromatic heterocycles. The molecule has 0 unspecified atom stereocenters. The van der Waals surface area contributed by atoms with Gasteiger partial charge in [0.1, 0.15) is 12.1 Å². The Morgan fingerprint density at radius 1 is 1.41 bits per heavy atom. The molecule has 1 heterocycles. The third-order valence-electron chi connectivity index (χ3n) is 3.46. The van der Waals surface area contributed by atoms with Crippen LogP contribution < -0.4 is 4.74 Å². The fourth-order valence-corrected chi connectivity index (χ4v) is 4.75. The summed E-state index contributed by atoms with van der Waals surface area (Å²) in [6, 6.07) is 7.05. The number of methoxy groups -OCH3 is 1. The van der Waals surface area contributed by atoms with Crippen molar-refractivity contribution >= 4 is 21.6 Å². The van der Waals surface area contributed by atoms with E-state index in [2.05, 4.69) is 10.2 Å². The number of aromatic nitrogens is 3. The molecule has 1 saturated carbocycles. The minimum absolute atomic E-state index is 0.0579. The zero-order chi connectivity index (χ0) is 15.6. The maximum absolute atomic E-state index is 12.3. The van der Waals surface area contributed by atoms with Crippen LogP contribution in [0.4, 0.5) is 0 Å². The molecule has 1 aromatic carbocycles.